The van der Waals surface area contributed by atoms with E-state index in [0.717, 1.165) is 24.6 Å². The molecule has 1 atom stereocenters. The number of aliphatic carboxylic acids is 1. The van der Waals surface area contributed by atoms with Crippen LogP contribution in [0.2, 0.25) is 0 Å². The van der Waals surface area contributed by atoms with Gasteiger partial charge in [-0.25, -0.2) is 4.79 Å². The Kier molecular flexibility index (Phi) is 8.30. The highest BCUT2D eigenvalue weighted by molar-refractivity contribution is 5.70. The van der Waals surface area contributed by atoms with Gasteiger partial charge in [0.1, 0.15) is 0 Å². The number of likely N-dealkylation sites (tertiary alicyclic amines) is 2. The molecule has 0 aromatic heterocycles. The molecule has 3 aliphatic rings. The van der Waals surface area contributed by atoms with E-state index < -0.39 is 42.0 Å². The summed E-state index contributed by atoms with van der Waals surface area (Å²) < 4.78 is 83.3. The van der Waals surface area contributed by atoms with E-state index in [0.29, 0.717) is 83.6 Å². The van der Waals surface area contributed by atoms with Crippen LogP contribution >= 0.6 is 0 Å². The number of carbonyl (C=O) groups excluding carboxylic acids is 1. The number of ether oxygens (including phenoxy) is 1. The summed E-state index contributed by atoms with van der Waals surface area (Å²) in [6.45, 7) is 3.81. The number of hydrogen-bond acceptors (Lipinski definition) is 5. The number of halogens is 6. The van der Waals surface area contributed by atoms with Crippen LogP contribution in [-0.4, -0.2) is 78.5 Å². The van der Waals surface area contributed by atoms with Crippen LogP contribution in [0.15, 0.2) is 18.2 Å². The Morgan fingerprint density at radius 3 is 2.21 bits per heavy atom. The van der Waals surface area contributed by atoms with E-state index in [2.05, 4.69) is 9.64 Å². The number of piperidine rings is 2. The number of carboxylic acid groups (broad SMARTS) is 1. The molecule has 1 spiro atoms. The standard InChI is InChI=1S/C26H33F6N3O4/c1-17(25(27,28)29)39-23(38)35-13-8-24(16-35)6-11-33(12-7-24)15-19-2-3-20(26(30,31)32)14-21(19)34-9-4-18(5-10-34)22(36)37/h2-3,14,17-18H,4-13,15-16H2,1H3,(H,36,37). The van der Waals surface area contributed by atoms with Crippen molar-refractivity contribution in [3.8, 4) is 0 Å². The first kappa shape index (κ1) is 29.3. The van der Waals surface area contributed by atoms with Gasteiger partial charge in [0.2, 0.25) is 0 Å². The molecule has 1 unspecified atom stereocenters. The minimum atomic E-state index is -4.62. The second kappa shape index (κ2) is 11.1. The van der Waals surface area contributed by atoms with Gasteiger partial charge in [-0.05, 0) is 75.2 Å². The lowest BCUT2D eigenvalue weighted by atomic mass is 9.77. The molecule has 1 N–H and O–H groups in total. The van der Waals surface area contributed by atoms with Crippen molar-refractivity contribution >= 4 is 17.7 Å². The topological polar surface area (TPSA) is 73.3 Å². The quantitative estimate of drug-likeness (QED) is 0.484. The maximum atomic E-state index is 13.5. The summed E-state index contributed by atoms with van der Waals surface area (Å²) in [5.74, 6) is -1.40. The Labute approximate surface area is 222 Å². The van der Waals surface area contributed by atoms with E-state index in [9.17, 15) is 41.0 Å². The molecule has 3 saturated heterocycles. The number of rotatable bonds is 5. The Hall–Kier alpha value is -2.70. The van der Waals surface area contributed by atoms with Crippen molar-refractivity contribution in [2.45, 2.75) is 64.0 Å². The minimum Gasteiger partial charge on any atom is -0.481 e. The summed E-state index contributed by atoms with van der Waals surface area (Å²) in [4.78, 5) is 28.9. The monoisotopic (exact) mass is 565 g/mol. The van der Waals surface area contributed by atoms with Crippen molar-refractivity contribution in [2.24, 2.45) is 11.3 Å². The predicted octanol–water partition coefficient (Wildman–Crippen LogP) is 5.38. The first-order valence-corrected chi connectivity index (χ1v) is 13.1. The van der Waals surface area contributed by atoms with Gasteiger partial charge in [-0.1, -0.05) is 6.07 Å². The van der Waals surface area contributed by atoms with E-state index in [1.54, 1.807) is 0 Å². The van der Waals surface area contributed by atoms with Gasteiger partial charge < -0.3 is 19.6 Å². The number of alkyl halides is 6. The average Bonchev–Trinajstić information content (AvgIpc) is 3.28. The third-order valence-corrected chi connectivity index (χ3v) is 8.34. The molecule has 13 heteroatoms. The summed E-state index contributed by atoms with van der Waals surface area (Å²) in [6.07, 6.45) is -9.51. The number of amides is 1. The maximum Gasteiger partial charge on any atom is 0.425 e. The SMILES string of the molecule is CC(OC(=O)N1CCC2(CCN(Cc3ccc(C(F)(F)F)cc3N3CCC(C(=O)O)CC3)CC2)C1)C(F)(F)F. The van der Waals surface area contributed by atoms with Crippen molar-refractivity contribution in [1.82, 2.24) is 9.80 Å². The Morgan fingerprint density at radius 1 is 1.03 bits per heavy atom. The molecule has 1 amide bonds. The number of nitrogens with zero attached hydrogens (tertiary/aromatic N) is 3. The lowest BCUT2D eigenvalue weighted by Crippen LogP contribution is -2.43. The molecule has 0 saturated carbocycles. The van der Waals surface area contributed by atoms with Crippen LogP contribution in [0.25, 0.3) is 0 Å². The van der Waals surface area contributed by atoms with Gasteiger partial charge in [-0.2, -0.15) is 26.3 Å². The number of benzene rings is 1. The van der Waals surface area contributed by atoms with Crippen molar-refractivity contribution in [1.29, 1.82) is 0 Å². The van der Waals surface area contributed by atoms with Crippen LogP contribution in [0.3, 0.4) is 0 Å². The van der Waals surface area contributed by atoms with Crippen LogP contribution in [-0.2, 0) is 22.3 Å². The fraction of sp³-hybridized carbons (Fsp3) is 0.692. The molecular weight excluding hydrogens is 532 g/mol. The molecule has 1 aromatic carbocycles. The molecule has 3 fully saturated rings. The van der Waals surface area contributed by atoms with Gasteiger partial charge in [0, 0.05) is 38.4 Å². The molecule has 7 nitrogen and oxygen atoms in total. The van der Waals surface area contributed by atoms with E-state index in [1.165, 1.54) is 11.0 Å². The normalized spacial score (nSPS) is 21.8. The van der Waals surface area contributed by atoms with Crippen LogP contribution in [0.5, 0.6) is 0 Å². The summed E-state index contributed by atoms with van der Waals surface area (Å²) in [5, 5.41) is 9.27. The zero-order valence-corrected chi connectivity index (χ0v) is 21.7. The molecule has 3 heterocycles. The lowest BCUT2D eigenvalue weighted by molar-refractivity contribution is -0.199. The molecule has 0 radical (unpaired) electrons. The van der Waals surface area contributed by atoms with Gasteiger partial charge in [-0.3, -0.25) is 9.69 Å². The van der Waals surface area contributed by atoms with Crippen molar-refractivity contribution in [3.05, 3.63) is 29.3 Å². The molecular formula is C26H33F6N3O4. The molecule has 0 bridgehead atoms. The molecule has 218 valence electrons. The average molecular weight is 566 g/mol. The van der Waals surface area contributed by atoms with Crippen LogP contribution in [0.4, 0.5) is 36.8 Å². The number of hydrogen-bond donors (Lipinski definition) is 1. The maximum absolute atomic E-state index is 13.5. The summed E-state index contributed by atoms with van der Waals surface area (Å²) in [7, 11) is 0. The molecule has 4 rings (SSSR count). The van der Waals surface area contributed by atoms with E-state index in [4.69, 9.17) is 0 Å². The number of carboxylic acids is 1. The van der Waals surface area contributed by atoms with Crippen molar-refractivity contribution in [3.63, 3.8) is 0 Å². The lowest BCUT2D eigenvalue weighted by Gasteiger charge is -2.40. The molecule has 1 aromatic rings. The second-order valence-corrected chi connectivity index (χ2v) is 11.0. The highest BCUT2D eigenvalue weighted by atomic mass is 19.4. The Morgan fingerprint density at radius 2 is 1.64 bits per heavy atom. The van der Waals surface area contributed by atoms with Crippen molar-refractivity contribution in [2.75, 3.05) is 44.2 Å². The van der Waals surface area contributed by atoms with E-state index in [-0.39, 0.29) is 5.41 Å². The zero-order chi connectivity index (χ0) is 28.6. The fourth-order valence-corrected chi connectivity index (χ4v) is 5.75. The third kappa shape index (κ3) is 6.90. The Balaban J connectivity index is 1.39. The van der Waals surface area contributed by atoms with Gasteiger partial charge >= 0.3 is 24.4 Å². The highest BCUT2D eigenvalue weighted by Gasteiger charge is 2.45. The van der Waals surface area contributed by atoms with Crippen LogP contribution < -0.4 is 4.90 Å². The Bertz CT molecular complexity index is 1050. The summed E-state index contributed by atoms with van der Waals surface area (Å²) >= 11 is 0. The van der Waals surface area contributed by atoms with Crippen molar-refractivity contribution < 1.29 is 45.8 Å². The largest absolute Gasteiger partial charge is 0.481 e. The van der Waals surface area contributed by atoms with Gasteiger partial charge in [-0.15, -0.1) is 0 Å². The van der Waals surface area contributed by atoms with Gasteiger partial charge in [0.05, 0.1) is 11.5 Å². The smallest absolute Gasteiger partial charge is 0.425 e. The second-order valence-electron chi connectivity index (χ2n) is 11.0. The van der Waals surface area contributed by atoms with Gasteiger partial charge in [0.15, 0.2) is 6.10 Å². The van der Waals surface area contributed by atoms with Crippen LogP contribution in [0.1, 0.15) is 50.2 Å². The summed E-state index contributed by atoms with van der Waals surface area (Å²) in [5.41, 5.74) is 0.212. The first-order chi connectivity index (χ1) is 18.2. The number of carbonyl (C=O) groups is 2. The predicted molar refractivity (Wildman–Crippen MR) is 129 cm³/mol. The third-order valence-electron chi connectivity index (χ3n) is 8.34. The molecule has 39 heavy (non-hydrogen) atoms. The van der Waals surface area contributed by atoms with Crippen LogP contribution in [0, 0.1) is 11.3 Å². The fourth-order valence-electron chi connectivity index (χ4n) is 5.75. The minimum absolute atomic E-state index is 0.224. The molecule has 3 aliphatic heterocycles. The van der Waals surface area contributed by atoms with Gasteiger partial charge in [0.25, 0.3) is 0 Å². The first-order valence-electron chi connectivity index (χ1n) is 13.1. The van der Waals surface area contributed by atoms with E-state index in [1.807, 2.05) is 4.90 Å². The highest BCUT2D eigenvalue weighted by Crippen LogP contribution is 2.42. The van der Waals surface area contributed by atoms with E-state index >= 15 is 0 Å². The molecule has 0 aliphatic carbocycles. The number of anilines is 1. The summed E-state index contributed by atoms with van der Waals surface area (Å²) in [6, 6.07) is 3.70. The zero-order valence-electron chi connectivity index (χ0n) is 21.7.